The van der Waals surface area contributed by atoms with E-state index in [0.717, 1.165) is 16.5 Å². The molecule has 6 nitrogen and oxygen atoms in total. The van der Waals surface area contributed by atoms with Crippen LogP contribution in [0.3, 0.4) is 0 Å². The molecular weight excluding hydrogens is 318 g/mol. The molecule has 1 aromatic carbocycles. The lowest BCUT2D eigenvalue weighted by molar-refractivity contribution is -0.122. The number of methoxy groups -OCH3 is 1. The van der Waals surface area contributed by atoms with Gasteiger partial charge in [-0.15, -0.1) is 0 Å². The Hall–Kier alpha value is -2.47. The second kappa shape index (κ2) is 8.58. The molecule has 1 heterocycles. The minimum atomic E-state index is -0.403. The summed E-state index contributed by atoms with van der Waals surface area (Å²) in [5, 5.41) is 3.72. The van der Waals surface area contributed by atoms with Crippen LogP contribution in [-0.2, 0) is 16.1 Å². The number of nitrogens with zero attached hydrogens (tertiary/aromatic N) is 2. The van der Waals surface area contributed by atoms with Crippen molar-refractivity contribution >= 4 is 22.8 Å². The Kier molecular flexibility index (Phi) is 6.47. The lowest BCUT2D eigenvalue weighted by atomic mass is 10.0. The summed E-state index contributed by atoms with van der Waals surface area (Å²) in [6.45, 7) is 7.70. The van der Waals surface area contributed by atoms with Crippen molar-refractivity contribution in [2.75, 3.05) is 26.7 Å². The third-order valence-corrected chi connectivity index (χ3v) is 4.18. The summed E-state index contributed by atoms with van der Waals surface area (Å²) >= 11 is 0. The lowest BCUT2D eigenvalue weighted by Crippen LogP contribution is -2.37. The van der Waals surface area contributed by atoms with Crippen LogP contribution < -0.4 is 5.32 Å². The second-order valence-electron chi connectivity index (χ2n) is 5.82. The topological polar surface area (TPSA) is 71.5 Å². The monoisotopic (exact) mass is 343 g/mol. The molecule has 0 atom stereocenters. The molecule has 0 saturated carbocycles. The average Bonchev–Trinajstić information content (AvgIpc) is 2.61. The van der Waals surface area contributed by atoms with Crippen molar-refractivity contribution in [2.45, 2.75) is 27.3 Å². The van der Waals surface area contributed by atoms with Crippen molar-refractivity contribution in [1.29, 1.82) is 0 Å². The zero-order chi connectivity index (χ0) is 18.4. The van der Waals surface area contributed by atoms with Crippen molar-refractivity contribution in [2.24, 2.45) is 0 Å². The normalized spacial score (nSPS) is 10.9. The van der Waals surface area contributed by atoms with E-state index in [1.807, 2.05) is 49.9 Å². The fraction of sp³-hybridized carbons (Fsp3) is 0.421. The van der Waals surface area contributed by atoms with Crippen LogP contribution in [0.5, 0.6) is 0 Å². The summed E-state index contributed by atoms with van der Waals surface area (Å²) in [5.41, 5.74) is 2.79. The van der Waals surface area contributed by atoms with Gasteiger partial charge in [-0.05, 0) is 32.0 Å². The number of pyridine rings is 1. The SMILES string of the molecule is CCNC(=O)CN(CC)Cc1nc2ccccc2c(C)c1C(=O)OC. The van der Waals surface area contributed by atoms with Crippen LogP contribution in [0.2, 0.25) is 0 Å². The van der Waals surface area contributed by atoms with Crippen molar-refractivity contribution in [1.82, 2.24) is 15.2 Å². The van der Waals surface area contributed by atoms with Gasteiger partial charge in [-0.2, -0.15) is 0 Å². The van der Waals surface area contributed by atoms with Crippen LogP contribution in [0.4, 0.5) is 0 Å². The number of carbonyl (C=O) groups is 2. The average molecular weight is 343 g/mol. The number of hydrogen-bond acceptors (Lipinski definition) is 5. The fourth-order valence-corrected chi connectivity index (χ4v) is 2.88. The number of esters is 1. The first kappa shape index (κ1) is 18.9. The van der Waals surface area contributed by atoms with E-state index in [4.69, 9.17) is 4.74 Å². The Balaban J connectivity index is 2.44. The molecule has 6 heteroatoms. The van der Waals surface area contributed by atoms with Crippen molar-refractivity contribution in [3.8, 4) is 0 Å². The number of aryl methyl sites for hydroxylation is 1. The maximum atomic E-state index is 12.3. The minimum Gasteiger partial charge on any atom is -0.465 e. The number of likely N-dealkylation sites (N-methyl/N-ethyl adjacent to an activating group) is 2. The minimum absolute atomic E-state index is 0.0403. The van der Waals surface area contributed by atoms with E-state index in [1.54, 1.807) is 0 Å². The Morgan fingerprint density at radius 2 is 1.96 bits per heavy atom. The number of fused-ring (bicyclic) bond motifs is 1. The highest BCUT2D eigenvalue weighted by Gasteiger charge is 2.21. The summed E-state index contributed by atoms with van der Waals surface area (Å²) < 4.78 is 4.96. The predicted molar refractivity (Wildman–Crippen MR) is 97.5 cm³/mol. The highest BCUT2D eigenvalue weighted by atomic mass is 16.5. The quantitative estimate of drug-likeness (QED) is 0.781. The number of hydrogen-bond donors (Lipinski definition) is 1. The van der Waals surface area contributed by atoms with Gasteiger partial charge >= 0.3 is 5.97 Å². The maximum absolute atomic E-state index is 12.3. The summed E-state index contributed by atoms with van der Waals surface area (Å²) in [5.74, 6) is -0.443. The van der Waals surface area contributed by atoms with E-state index < -0.39 is 5.97 Å². The molecule has 0 aliphatic heterocycles. The highest BCUT2D eigenvalue weighted by molar-refractivity contribution is 5.98. The molecule has 1 N–H and O–H groups in total. The van der Waals surface area contributed by atoms with Gasteiger partial charge in [-0.25, -0.2) is 4.79 Å². The van der Waals surface area contributed by atoms with Gasteiger partial charge in [-0.1, -0.05) is 25.1 Å². The largest absolute Gasteiger partial charge is 0.465 e. The molecule has 0 spiro atoms. The molecular formula is C19H25N3O3. The fourth-order valence-electron chi connectivity index (χ4n) is 2.88. The first-order valence-corrected chi connectivity index (χ1v) is 8.47. The van der Waals surface area contributed by atoms with Gasteiger partial charge in [0, 0.05) is 18.5 Å². The molecule has 2 rings (SSSR count). The molecule has 0 fully saturated rings. The number of ether oxygens (including phenoxy) is 1. The van der Waals surface area contributed by atoms with Gasteiger partial charge in [0.15, 0.2) is 0 Å². The molecule has 0 bridgehead atoms. The molecule has 0 aliphatic carbocycles. The lowest BCUT2D eigenvalue weighted by Gasteiger charge is -2.21. The van der Waals surface area contributed by atoms with Crippen LogP contribution in [0.15, 0.2) is 24.3 Å². The van der Waals surface area contributed by atoms with E-state index in [9.17, 15) is 9.59 Å². The van der Waals surface area contributed by atoms with E-state index >= 15 is 0 Å². The molecule has 0 saturated heterocycles. The number of aromatic nitrogens is 1. The number of carbonyl (C=O) groups excluding carboxylic acids is 2. The Morgan fingerprint density at radius 3 is 2.60 bits per heavy atom. The molecule has 25 heavy (non-hydrogen) atoms. The zero-order valence-corrected chi connectivity index (χ0v) is 15.3. The van der Waals surface area contributed by atoms with Gasteiger partial charge < -0.3 is 10.1 Å². The van der Waals surface area contributed by atoms with Crippen molar-refractivity contribution in [3.63, 3.8) is 0 Å². The van der Waals surface area contributed by atoms with Crippen LogP contribution in [-0.4, -0.2) is 48.5 Å². The van der Waals surface area contributed by atoms with E-state index in [2.05, 4.69) is 10.3 Å². The Bertz CT molecular complexity index is 774. The smallest absolute Gasteiger partial charge is 0.340 e. The van der Waals surface area contributed by atoms with Crippen LogP contribution in [0.1, 0.15) is 35.5 Å². The summed E-state index contributed by atoms with van der Waals surface area (Å²) in [4.78, 5) is 30.8. The van der Waals surface area contributed by atoms with Crippen molar-refractivity contribution < 1.29 is 14.3 Å². The standard InChI is InChI=1S/C19H25N3O3/c1-5-20-17(23)12-22(6-2)11-16-18(19(24)25-4)13(3)14-9-7-8-10-15(14)21-16/h7-10H,5-6,11-12H2,1-4H3,(H,20,23). The maximum Gasteiger partial charge on any atom is 0.340 e. The van der Waals surface area contributed by atoms with E-state index in [1.165, 1.54) is 7.11 Å². The first-order valence-electron chi connectivity index (χ1n) is 8.47. The van der Waals surface area contributed by atoms with Gasteiger partial charge in [0.25, 0.3) is 0 Å². The number of benzene rings is 1. The van der Waals surface area contributed by atoms with E-state index in [-0.39, 0.29) is 12.5 Å². The summed E-state index contributed by atoms with van der Waals surface area (Å²) in [6.07, 6.45) is 0. The number of rotatable bonds is 7. The third kappa shape index (κ3) is 4.33. The Morgan fingerprint density at radius 1 is 1.24 bits per heavy atom. The molecule has 1 amide bonds. The molecule has 0 unspecified atom stereocenters. The van der Waals surface area contributed by atoms with Gasteiger partial charge in [0.2, 0.25) is 5.91 Å². The number of amides is 1. The second-order valence-corrected chi connectivity index (χ2v) is 5.82. The van der Waals surface area contributed by atoms with Crippen LogP contribution in [0.25, 0.3) is 10.9 Å². The Labute approximate surface area is 148 Å². The van der Waals surface area contributed by atoms with E-state index in [0.29, 0.717) is 30.9 Å². The van der Waals surface area contributed by atoms with Gasteiger partial charge in [0.1, 0.15) is 0 Å². The first-order chi connectivity index (χ1) is 12.0. The zero-order valence-electron chi connectivity index (χ0n) is 15.3. The van der Waals surface area contributed by atoms with Crippen molar-refractivity contribution in [3.05, 3.63) is 41.1 Å². The predicted octanol–water partition coefficient (Wildman–Crippen LogP) is 2.29. The van der Waals surface area contributed by atoms with Gasteiger partial charge in [-0.3, -0.25) is 14.7 Å². The van der Waals surface area contributed by atoms with Crippen LogP contribution >= 0.6 is 0 Å². The third-order valence-electron chi connectivity index (χ3n) is 4.18. The highest BCUT2D eigenvalue weighted by Crippen LogP contribution is 2.24. The molecule has 2 aromatic rings. The summed E-state index contributed by atoms with van der Waals surface area (Å²) in [7, 11) is 1.37. The molecule has 134 valence electrons. The summed E-state index contributed by atoms with van der Waals surface area (Å²) in [6, 6.07) is 7.71. The number of nitrogens with one attached hydrogen (secondary N) is 1. The van der Waals surface area contributed by atoms with Crippen LogP contribution in [0, 0.1) is 6.92 Å². The molecule has 0 aliphatic rings. The molecule has 0 radical (unpaired) electrons. The number of para-hydroxylation sites is 1. The van der Waals surface area contributed by atoms with Gasteiger partial charge in [0.05, 0.1) is 30.4 Å². The molecule has 1 aromatic heterocycles.